The largest absolute Gasteiger partial charge is 0.341 e. The molecule has 0 radical (unpaired) electrons. The molecule has 1 N–H and O–H groups in total. The first kappa shape index (κ1) is 26.7. The van der Waals surface area contributed by atoms with Gasteiger partial charge < -0.3 is 14.8 Å². The standard InChI is InChI=1S/C28H44N6O2/c1-20-14-21(2)17-33(16-20)27(36)19-32-12-10-31(11-13-32)18-26(35)30-28-25(15-29)22(3)23(4)34(28)24-8-6-5-7-9-24/h20-21,24H,5-14,16-19H2,1-4H3,(H,30,35). The van der Waals surface area contributed by atoms with Gasteiger partial charge in [-0.2, -0.15) is 5.26 Å². The number of nitrogens with one attached hydrogen (secondary N) is 1. The molecule has 0 aromatic carbocycles. The summed E-state index contributed by atoms with van der Waals surface area (Å²) in [5, 5.41) is 12.9. The van der Waals surface area contributed by atoms with Crippen molar-refractivity contribution in [2.75, 3.05) is 57.7 Å². The quantitative estimate of drug-likeness (QED) is 0.651. The number of nitriles is 1. The highest BCUT2D eigenvalue weighted by Crippen LogP contribution is 2.36. The number of nitrogens with zero attached hydrogens (tertiary/aromatic N) is 5. The second kappa shape index (κ2) is 11.8. The highest BCUT2D eigenvalue weighted by atomic mass is 16.2. The van der Waals surface area contributed by atoms with E-state index < -0.39 is 0 Å². The molecular weight excluding hydrogens is 452 g/mol. The van der Waals surface area contributed by atoms with Crippen LogP contribution in [0.2, 0.25) is 0 Å². The minimum Gasteiger partial charge on any atom is -0.341 e. The summed E-state index contributed by atoms with van der Waals surface area (Å²) in [4.78, 5) is 32.3. The van der Waals surface area contributed by atoms with Crippen LogP contribution in [0.25, 0.3) is 0 Å². The second-order valence-corrected chi connectivity index (χ2v) is 11.6. The summed E-state index contributed by atoms with van der Waals surface area (Å²) in [5.74, 6) is 1.99. The molecule has 2 atom stereocenters. The highest BCUT2D eigenvalue weighted by molar-refractivity contribution is 5.93. The van der Waals surface area contributed by atoms with Crippen molar-refractivity contribution in [3.63, 3.8) is 0 Å². The molecular formula is C28H44N6O2. The third-order valence-corrected chi connectivity index (χ3v) is 8.48. The Bertz CT molecular complexity index is 971. The van der Waals surface area contributed by atoms with Gasteiger partial charge in [-0.25, -0.2) is 0 Å². The molecule has 2 amide bonds. The lowest BCUT2D eigenvalue weighted by atomic mass is 9.92. The molecule has 3 aliphatic rings. The molecule has 2 aliphatic heterocycles. The number of hydrogen-bond donors (Lipinski definition) is 1. The molecule has 1 aromatic rings. The maximum absolute atomic E-state index is 13.1. The predicted molar refractivity (Wildman–Crippen MR) is 142 cm³/mol. The van der Waals surface area contributed by atoms with Crippen molar-refractivity contribution in [3.8, 4) is 6.07 Å². The highest BCUT2D eigenvalue weighted by Gasteiger charge is 2.29. The van der Waals surface area contributed by atoms with Crippen LogP contribution >= 0.6 is 0 Å². The van der Waals surface area contributed by atoms with Gasteiger partial charge in [0.1, 0.15) is 11.9 Å². The van der Waals surface area contributed by atoms with Crippen molar-refractivity contribution < 1.29 is 9.59 Å². The second-order valence-electron chi connectivity index (χ2n) is 11.6. The molecule has 8 heteroatoms. The number of rotatable bonds is 6. The lowest BCUT2D eigenvalue weighted by Gasteiger charge is -2.38. The normalized spacial score (nSPS) is 24.5. The maximum Gasteiger partial charge on any atom is 0.239 e. The number of piperidine rings is 1. The van der Waals surface area contributed by atoms with Gasteiger partial charge in [-0.15, -0.1) is 0 Å². The van der Waals surface area contributed by atoms with Gasteiger partial charge in [-0.1, -0.05) is 33.1 Å². The molecule has 2 unspecified atom stereocenters. The Labute approximate surface area is 216 Å². The molecule has 0 spiro atoms. The molecule has 0 bridgehead atoms. The number of piperazine rings is 1. The Morgan fingerprint density at radius 3 is 2.11 bits per heavy atom. The summed E-state index contributed by atoms with van der Waals surface area (Å²) in [7, 11) is 0. The van der Waals surface area contributed by atoms with E-state index in [4.69, 9.17) is 0 Å². The Kier molecular flexibility index (Phi) is 8.74. The van der Waals surface area contributed by atoms with Crippen molar-refractivity contribution in [3.05, 3.63) is 16.8 Å². The number of aromatic nitrogens is 1. The van der Waals surface area contributed by atoms with E-state index in [0.717, 1.165) is 63.4 Å². The van der Waals surface area contributed by atoms with E-state index in [-0.39, 0.29) is 11.8 Å². The van der Waals surface area contributed by atoms with E-state index in [0.29, 0.717) is 42.3 Å². The van der Waals surface area contributed by atoms with Crippen LogP contribution in [0.15, 0.2) is 0 Å². The summed E-state index contributed by atoms with van der Waals surface area (Å²) in [6, 6.07) is 2.69. The number of likely N-dealkylation sites (tertiary alicyclic amines) is 1. The van der Waals surface area contributed by atoms with Crippen molar-refractivity contribution in [2.45, 2.75) is 72.3 Å². The summed E-state index contributed by atoms with van der Waals surface area (Å²) >= 11 is 0. The van der Waals surface area contributed by atoms with Crippen LogP contribution in [-0.4, -0.2) is 83.4 Å². The van der Waals surface area contributed by atoms with E-state index in [9.17, 15) is 14.9 Å². The van der Waals surface area contributed by atoms with Crippen molar-refractivity contribution in [2.24, 2.45) is 11.8 Å². The van der Waals surface area contributed by atoms with E-state index in [1.165, 1.54) is 25.7 Å². The van der Waals surface area contributed by atoms with Gasteiger partial charge in [-0.3, -0.25) is 19.4 Å². The van der Waals surface area contributed by atoms with E-state index in [1.54, 1.807) is 0 Å². The Morgan fingerprint density at radius 2 is 1.53 bits per heavy atom. The molecule has 1 saturated carbocycles. The summed E-state index contributed by atoms with van der Waals surface area (Å²) in [6.45, 7) is 14.1. The Hall–Kier alpha value is -2.37. The van der Waals surface area contributed by atoms with Crippen LogP contribution in [0.5, 0.6) is 0 Å². The number of anilines is 1. The zero-order chi connectivity index (χ0) is 25.8. The van der Waals surface area contributed by atoms with Crippen molar-refractivity contribution in [1.29, 1.82) is 5.26 Å². The summed E-state index contributed by atoms with van der Waals surface area (Å²) in [5.41, 5.74) is 2.65. The third kappa shape index (κ3) is 6.12. The first-order valence-corrected chi connectivity index (χ1v) is 13.9. The molecule has 198 valence electrons. The monoisotopic (exact) mass is 496 g/mol. The number of carbonyl (C=O) groups excluding carboxylic acids is 2. The maximum atomic E-state index is 13.1. The van der Waals surface area contributed by atoms with Gasteiger partial charge in [0, 0.05) is 51.0 Å². The molecule has 2 saturated heterocycles. The lowest BCUT2D eigenvalue weighted by Crippen LogP contribution is -2.52. The minimum atomic E-state index is -0.0677. The Balaban J connectivity index is 1.30. The summed E-state index contributed by atoms with van der Waals surface area (Å²) < 4.78 is 2.22. The van der Waals surface area contributed by atoms with Gasteiger partial charge in [0.05, 0.1) is 18.7 Å². The Morgan fingerprint density at radius 1 is 0.944 bits per heavy atom. The average Bonchev–Trinajstić information content (AvgIpc) is 3.08. The van der Waals surface area contributed by atoms with Crippen LogP contribution < -0.4 is 5.32 Å². The van der Waals surface area contributed by atoms with E-state index >= 15 is 0 Å². The zero-order valence-corrected chi connectivity index (χ0v) is 22.7. The molecule has 3 heterocycles. The molecule has 1 aliphatic carbocycles. The number of carbonyl (C=O) groups is 2. The van der Waals surface area contributed by atoms with Crippen molar-refractivity contribution in [1.82, 2.24) is 19.3 Å². The first-order valence-electron chi connectivity index (χ1n) is 13.9. The fraction of sp³-hybridized carbons (Fsp3) is 0.750. The first-order chi connectivity index (χ1) is 17.3. The van der Waals surface area contributed by atoms with E-state index in [1.807, 2.05) is 11.8 Å². The number of amides is 2. The fourth-order valence-corrected chi connectivity index (χ4v) is 6.52. The van der Waals surface area contributed by atoms with Gasteiger partial charge in [-0.05, 0) is 50.5 Å². The van der Waals surface area contributed by atoms with Crippen LogP contribution in [0.1, 0.15) is 75.2 Å². The topological polar surface area (TPSA) is 84.6 Å². The third-order valence-electron chi connectivity index (χ3n) is 8.48. The molecule has 36 heavy (non-hydrogen) atoms. The van der Waals surface area contributed by atoms with Crippen LogP contribution in [0.4, 0.5) is 5.82 Å². The van der Waals surface area contributed by atoms with Gasteiger partial charge in [0.25, 0.3) is 0 Å². The smallest absolute Gasteiger partial charge is 0.239 e. The van der Waals surface area contributed by atoms with Crippen LogP contribution in [-0.2, 0) is 9.59 Å². The zero-order valence-electron chi connectivity index (χ0n) is 22.7. The van der Waals surface area contributed by atoms with Crippen LogP contribution in [0.3, 0.4) is 0 Å². The molecule has 8 nitrogen and oxygen atoms in total. The van der Waals surface area contributed by atoms with Crippen molar-refractivity contribution >= 4 is 17.6 Å². The molecule has 1 aromatic heterocycles. The minimum absolute atomic E-state index is 0.0677. The fourth-order valence-electron chi connectivity index (χ4n) is 6.52. The van der Waals surface area contributed by atoms with Crippen LogP contribution in [0, 0.1) is 37.0 Å². The molecule has 4 rings (SSSR count). The predicted octanol–water partition coefficient (Wildman–Crippen LogP) is 3.54. The lowest BCUT2D eigenvalue weighted by molar-refractivity contribution is -0.135. The average molecular weight is 497 g/mol. The SMILES string of the molecule is Cc1c(C#N)c(NC(=O)CN2CCN(CC(=O)N3CC(C)CC(C)C3)CC2)n(C2CCCCC2)c1C. The number of hydrogen-bond acceptors (Lipinski definition) is 5. The van der Waals surface area contributed by atoms with Gasteiger partial charge in [0.2, 0.25) is 11.8 Å². The van der Waals surface area contributed by atoms with Gasteiger partial charge in [0.15, 0.2) is 0 Å². The van der Waals surface area contributed by atoms with Gasteiger partial charge >= 0.3 is 0 Å². The van der Waals surface area contributed by atoms with E-state index in [2.05, 4.69) is 46.5 Å². The summed E-state index contributed by atoms with van der Waals surface area (Å²) in [6.07, 6.45) is 7.04. The molecule has 3 fully saturated rings.